The number of methoxy groups -OCH3 is 2. The van der Waals surface area contributed by atoms with Crippen molar-refractivity contribution in [2.24, 2.45) is 0 Å². The molecule has 4 heteroatoms. The Morgan fingerprint density at radius 2 is 1.64 bits per heavy atom. The molecule has 0 N–H and O–H groups in total. The van der Waals surface area contributed by atoms with Crippen LogP contribution < -0.4 is 9.47 Å². The third-order valence-corrected chi connectivity index (χ3v) is 2.00. The normalized spacial score (nSPS) is 9.64. The van der Waals surface area contributed by atoms with Crippen LogP contribution in [0.5, 0.6) is 11.5 Å². The summed E-state index contributed by atoms with van der Waals surface area (Å²) in [7, 11) is 4.58. The number of carbonyl (C=O) groups is 1. The van der Waals surface area contributed by atoms with Crippen molar-refractivity contribution in [1.82, 2.24) is 0 Å². The Hall–Kier alpha value is -1.45. The van der Waals surface area contributed by atoms with Crippen LogP contribution in [0.25, 0.3) is 0 Å². The van der Waals surface area contributed by atoms with E-state index in [1.807, 2.05) is 19.1 Å². The molecule has 0 spiro atoms. The van der Waals surface area contributed by atoms with Crippen molar-refractivity contribution in [1.29, 1.82) is 0 Å². The van der Waals surface area contributed by atoms with E-state index in [9.17, 15) is 4.79 Å². The zero-order chi connectivity index (χ0) is 10.7. The molecule has 0 aliphatic carbocycles. The van der Waals surface area contributed by atoms with Gasteiger partial charge in [0.15, 0.2) is 7.85 Å². The molecule has 0 unspecified atom stereocenters. The van der Waals surface area contributed by atoms with E-state index in [1.165, 1.54) is 7.85 Å². The second-order valence-electron chi connectivity index (χ2n) is 3.10. The van der Waals surface area contributed by atoms with Crippen molar-refractivity contribution >= 4 is 13.5 Å². The number of carbonyl (C=O) groups excluding carboxylic acids is 1. The van der Waals surface area contributed by atoms with Crippen molar-refractivity contribution < 1.29 is 14.3 Å². The summed E-state index contributed by atoms with van der Waals surface area (Å²) in [5.41, 5.74) is 1.45. The van der Waals surface area contributed by atoms with Gasteiger partial charge in [0.05, 0.1) is 19.8 Å². The Labute approximate surface area is 84.4 Å². The Morgan fingerprint density at radius 3 is 1.93 bits per heavy atom. The minimum absolute atomic E-state index is 0.0568. The molecule has 0 aliphatic rings. The van der Waals surface area contributed by atoms with Gasteiger partial charge in [0.2, 0.25) is 0 Å². The molecule has 1 rings (SSSR count). The fourth-order valence-corrected chi connectivity index (χ4v) is 1.39. The SMILES string of the molecule is BC(=O)c1c(OC)cc(C)cc1OC. The van der Waals surface area contributed by atoms with E-state index in [2.05, 4.69) is 0 Å². The van der Waals surface area contributed by atoms with E-state index in [1.54, 1.807) is 14.2 Å². The smallest absolute Gasteiger partial charge is 0.194 e. The lowest BCUT2D eigenvalue weighted by molar-refractivity contribution is 0.107. The molecule has 0 aliphatic heterocycles. The summed E-state index contributed by atoms with van der Waals surface area (Å²) >= 11 is 0. The van der Waals surface area contributed by atoms with Gasteiger partial charge in [0.1, 0.15) is 17.2 Å². The molecular weight excluding hydrogens is 179 g/mol. The zero-order valence-corrected chi connectivity index (χ0v) is 8.88. The molecule has 0 aromatic heterocycles. The first kappa shape index (κ1) is 10.6. The number of hydrogen-bond donors (Lipinski definition) is 0. The quantitative estimate of drug-likeness (QED) is 0.664. The van der Waals surface area contributed by atoms with E-state index < -0.39 is 0 Å². The molecule has 0 saturated heterocycles. The second-order valence-corrected chi connectivity index (χ2v) is 3.10. The molecule has 1 aromatic carbocycles. The van der Waals surface area contributed by atoms with Crippen LogP contribution in [0.3, 0.4) is 0 Å². The number of benzene rings is 1. The van der Waals surface area contributed by atoms with Crippen molar-refractivity contribution in [2.45, 2.75) is 6.92 Å². The summed E-state index contributed by atoms with van der Waals surface area (Å²) < 4.78 is 10.3. The standard InChI is InChI=1S/C10H13BO3/c1-6-4-7(13-2)9(10(11)12)8(5-6)14-3/h4-5H,11H2,1-3H3. The average molecular weight is 192 g/mol. The number of ether oxygens (including phenoxy) is 2. The summed E-state index contributed by atoms with van der Waals surface area (Å²) in [6.45, 7) is 1.93. The molecule has 74 valence electrons. The molecule has 0 atom stereocenters. The van der Waals surface area contributed by atoms with Crippen LogP contribution in [0.2, 0.25) is 0 Å². The lowest BCUT2D eigenvalue weighted by Gasteiger charge is -2.11. The van der Waals surface area contributed by atoms with Crippen LogP contribution in [0.1, 0.15) is 15.9 Å². The van der Waals surface area contributed by atoms with E-state index in [0.29, 0.717) is 17.1 Å². The van der Waals surface area contributed by atoms with E-state index in [-0.39, 0.29) is 5.68 Å². The first-order chi connectivity index (χ1) is 6.60. The maximum absolute atomic E-state index is 11.4. The third-order valence-electron chi connectivity index (χ3n) is 2.00. The van der Waals surface area contributed by atoms with Gasteiger partial charge in [-0.25, -0.2) is 0 Å². The zero-order valence-electron chi connectivity index (χ0n) is 8.88. The van der Waals surface area contributed by atoms with Gasteiger partial charge in [0.25, 0.3) is 0 Å². The van der Waals surface area contributed by atoms with Gasteiger partial charge >= 0.3 is 0 Å². The second kappa shape index (κ2) is 4.18. The molecule has 0 fully saturated rings. The van der Waals surface area contributed by atoms with E-state index >= 15 is 0 Å². The molecule has 0 amide bonds. The Bertz CT molecular complexity index is 335. The number of aryl methyl sites for hydroxylation is 1. The first-order valence-corrected chi connectivity index (χ1v) is 4.33. The van der Waals surface area contributed by atoms with Crippen LogP contribution in [0.4, 0.5) is 0 Å². The summed E-state index contributed by atoms with van der Waals surface area (Å²) in [6.07, 6.45) is 0. The van der Waals surface area contributed by atoms with Crippen LogP contribution in [0, 0.1) is 6.92 Å². The van der Waals surface area contributed by atoms with Gasteiger partial charge in [-0.05, 0) is 24.6 Å². The number of hydrogen-bond acceptors (Lipinski definition) is 3. The van der Waals surface area contributed by atoms with Crippen LogP contribution in [0.15, 0.2) is 12.1 Å². The molecule has 14 heavy (non-hydrogen) atoms. The molecule has 0 heterocycles. The monoisotopic (exact) mass is 192 g/mol. The predicted octanol–water partition coefficient (Wildman–Crippen LogP) is 0.786. The molecule has 1 aromatic rings. The van der Waals surface area contributed by atoms with Crippen molar-refractivity contribution in [3.05, 3.63) is 23.3 Å². The lowest BCUT2D eigenvalue weighted by Crippen LogP contribution is -2.04. The highest BCUT2D eigenvalue weighted by Gasteiger charge is 2.14. The van der Waals surface area contributed by atoms with Gasteiger partial charge in [0, 0.05) is 0 Å². The minimum Gasteiger partial charge on any atom is -0.496 e. The predicted molar refractivity (Wildman–Crippen MR) is 57.2 cm³/mol. The highest BCUT2D eigenvalue weighted by Crippen LogP contribution is 2.29. The van der Waals surface area contributed by atoms with Gasteiger partial charge in [-0.3, -0.25) is 0 Å². The molecule has 0 saturated carbocycles. The maximum Gasteiger partial charge on any atom is 0.194 e. The highest BCUT2D eigenvalue weighted by molar-refractivity contribution is 6.63. The first-order valence-electron chi connectivity index (χ1n) is 4.33. The molecule has 0 bridgehead atoms. The Kier molecular flexibility index (Phi) is 3.17. The number of rotatable bonds is 3. The van der Waals surface area contributed by atoms with Gasteiger partial charge in [-0.2, -0.15) is 0 Å². The Balaban J connectivity index is 3.40. The Morgan fingerprint density at radius 1 is 1.21 bits per heavy atom. The van der Waals surface area contributed by atoms with Crippen molar-refractivity contribution in [3.63, 3.8) is 0 Å². The lowest BCUT2D eigenvalue weighted by atomic mass is 9.92. The average Bonchev–Trinajstić information content (AvgIpc) is 2.15. The fourth-order valence-electron chi connectivity index (χ4n) is 1.39. The van der Waals surface area contributed by atoms with Crippen molar-refractivity contribution in [3.8, 4) is 11.5 Å². The molecule has 3 nitrogen and oxygen atoms in total. The molecular formula is C10H13BO3. The summed E-state index contributed by atoms with van der Waals surface area (Å²) in [5.74, 6) is 1.13. The molecule has 0 radical (unpaired) electrons. The maximum atomic E-state index is 11.4. The van der Waals surface area contributed by atoms with E-state index in [0.717, 1.165) is 5.56 Å². The van der Waals surface area contributed by atoms with Crippen LogP contribution >= 0.6 is 0 Å². The van der Waals surface area contributed by atoms with Crippen LogP contribution in [-0.2, 0) is 0 Å². The third kappa shape index (κ3) is 1.89. The summed E-state index contributed by atoms with van der Waals surface area (Å²) in [5, 5.41) is 0. The van der Waals surface area contributed by atoms with Gasteiger partial charge < -0.3 is 14.3 Å². The van der Waals surface area contributed by atoms with Gasteiger partial charge in [-0.15, -0.1) is 0 Å². The topological polar surface area (TPSA) is 35.5 Å². The summed E-state index contributed by atoms with van der Waals surface area (Å²) in [4.78, 5) is 11.4. The highest BCUT2D eigenvalue weighted by atomic mass is 16.5. The minimum atomic E-state index is -0.0568. The summed E-state index contributed by atoms with van der Waals surface area (Å²) in [6, 6.07) is 3.64. The van der Waals surface area contributed by atoms with E-state index in [4.69, 9.17) is 9.47 Å². The largest absolute Gasteiger partial charge is 0.496 e. The van der Waals surface area contributed by atoms with Gasteiger partial charge in [-0.1, -0.05) is 0 Å². The fraction of sp³-hybridized carbons (Fsp3) is 0.300. The van der Waals surface area contributed by atoms with Crippen molar-refractivity contribution in [2.75, 3.05) is 14.2 Å². The van der Waals surface area contributed by atoms with Crippen LogP contribution in [-0.4, -0.2) is 27.7 Å².